The second kappa shape index (κ2) is 4.44. The summed E-state index contributed by atoms with van der Waals surface area (Å²) in [6.45, 7) is 6.76. The Morgan fingerprint density at radius 1 is 1.44 bits per heavy atom. The second-order valence-corrected chi connectivity index (χ2v) is 7.61. The van der Waals surface area contributed by atoms with Crippen molar-refractivity contribution in [2.75, 3.05) is 6.54 Å². The van der Waals surface area contributed by atoms with Crippen LogP contribution in [0.3, 0.4) is 0 Å². The highest BCUT2D eigenvalue weighted by Gasteiger charge is 2.22. The lowest BCUT2D eigenvalue weighted by Gasteiger charge is -2.17. The van der Waals surface area contributed by atoms with Gasteiger partial charge in [0, 0.05) is 16.3 Å². The summed E-state index contributed by atoms with van der Waals surface area (Å²) in [5.41, 5.74) is -1.05. The fraction of sp³-hybridized carbons (Fsp3) is 0.600. The molecule has 0 saturated heterocycles. The minimum Gasteiger partial charge on any atom is -0.389 e. The quantitative estimate of drug-likeness (QED) is 0.863. The molecule has 0 aliphatic rings. The summed E-state index contributed by atoms with van der Waals surface area (Å²) in [4.78, 5) is 2.03. The van der Waals surface area contributed by atoms with E-state index in [4.69, 9.17) is 0 Å². The third-order valence-corrected chi connectivity index (χ3v) is 4.60. The number of hydrogen-bond donors (Lipinski definition) is 2. The lowest BCUT2D eigenvalue weighted by molar-refractivity contribution is 0.0857. The largest absolute Gasteiger partial charge is 0.389 e. The molecular weight excluding hydrogens is 246 g/mol. The Labute approximate surface area is 100 Å². The second-order valence-electron chi connectivity index (χ2n) is 4.41. The molecule has 0 aliphatic heterocycles. The van der Waals surface area contributed by atoms with E-state index in [0.717, 1.165) is 9.75 Å². The normalized spacial score (nSPS) is 13.1. The SMILES string of the molecule is Cc1cc(S(=O)(=O)NCC(C)(C)O)c(C)s1. The zero-order valence-corrected chi connectivity index (χ0v) is 11.5. The van der Waals surface area contributed by atoms with E-state index in [1.165, 1.54) is 11.3 Å². The fourth-order valence-electron chi connectivity index (χ4n) is 1.22. The number of aryl methyl sites for hydroxylation is 2. The van der Waals surface area contributed by atoms with Crippen LogP contribution >= 0.6 is 11.3 Å². The van der Waals surface area contributed by atoms with E-state index in [0.29, 0.717) is 4.90 Å². The van der Waals surface area contributed by atoms with Gasteiger partial charge in [0.2, 0.25) is 10.0 Å². The molecule has 0 atom stereocenters. The van der Waals surface area contributed by atoms with Crippen molar-refractivity contribution >= 4 is 21.4 Å². The molecule has 92 valence electrons. The van der Waals surface area contributed by atoms with Crippen molar-refractivity contribution in [3.8, 4) is 0 Å². The number of rotatable bonds is 4. The summed E-state index contributed by atoms with van der Waals surface area (Å²) in [6.07, 6.45) is 0. The van der Waals surface area contributed by atoms with Crippen LogP contribution in [0.5, 0.6) is 0 Å². The van der Waals surface area contributed by atoms with Crippen LogP contribution in [-0.4, -0.2) is 25.7 Å². The predicted molar refractivity (Wildman–Crippen MR) is 65.3 cm³/mol. The first-order valence-electron chi connectivity index (χ1n) is 4.91. The van der Waals surface area contributed by atoms with Crippen LogP contribution in [0.25, 0.3) is 0 Å². The molecule has 0 spiro atoms. The van der Waals surface area contributed by atoms with Crippen LogP contribution in [0.2, 0.25) is 0 Å². The topological polar surface area (TPSA) is 66.4 Å². The zero-order chi connectivity index (χ0) is 12.6. The average Bonchev–Trinajstić information content (AvgIpc) is 2.42. The Morgan fingerprint density at radius 2 is 2.00 bits per heavy atom. The predicted octanol–water partition coefficient (Wildman–Crippen LogP) is 1.41. The van der Waals surface area contributed by atoms with E-state index >= 15 is 0 Å². The highest BCUT2D eigenvalue weighted by atomic mass is 32.2. The summed E-state index contributed by atoms with van der Waals surface area (Å²) in [7, 11) is -3.50. The Balaban J connectivity index is 2.91. The van der Waals surface area contributed by atoms with Crippen molar-refractivity contribution in [1.29, 1.82) is 0 Å². The zero-order valence-electron chi connectivity index (χ0n) is 9.86. The Morgan fingerprint density at radius 3 is 2.38 bits per heavy atom. The minimum absolute atomic E-state index is 0.00364. The number of hydrogen-bond acceptors (Lipinski definition) is 4. The van der Waals surface area contributed by atoms with Gasteiger partial charge in [0.15, 0.2) is 0 Å². The molecule has 2 N–H and O–H groups in total. The number of aliphatic hydroxyl groups is 1. The Bertz CT molecular complexity index is 469. The first-order valence-corrected chi connectivity index (χ1v) is 7.21. The standard InChI is InChI=1S/C10H17NO3S2/c1-7-5-9(8(2)15-7)16(13,14)11-6-10(3,4)12/h5,11-12H,6H2,1-4H3. The summed E-state index contributed by atoms with van der Waals surface area (Å²) in [5, 5.41) is 9.48. The molecule has 1 aromatic rings. The molecule has 0 bridgehead atoms. The molecule has 0 amide bonds. The van der Waals surface area contributed by atoms with Crippen LogP contribution in [0.4, 0.5) is 0 Å². The van der Waals surface area contributed by atoms with E-state index in [1.54, 1.807) is 26.8 Å². The third kappa shape index (κ3) is 3.55. The highest BCUT2D eigenvalue weighted by Crippen LogP contribution is 2.24. The summed E-state index contributed by atoms with van der Waals surface area (Å²) >= 11 is 1.45. The molecule has 0 radical (unpaired) electrons. The van der Waals surface area contributed by atoms with Crippen molar-refractivity contribution in [1.82, 2.24) is 4.72 Å². The summed E-state index contributed by atoms with van der Waals surface area (Å²) in [5.74, 6) is 0. The first-order chi connectivity index (χ1) is 7.12. The van der Waals surface area contributed by atoms with Gasteiger partial charge in [-0.1, -0.05) is 0 Å². The monoisotopic (exact) mass is 263 g/mol. The van der Waals surface area contributed by atoms with Gasteiger partial charge < -0.3 is 5.11 Å². The van der Waals surface area contributed by atoms with Gasteiger partial charge in [-0.15, -0.1) is 11.3 Å². The molecule has 0 saturated carbocycles. The van der Waals surface area contributed by atoms with Crippen LogP contribution in [0.15, 0.2) is 11.0 Å². The van der Waals surface area contributed by atoms with Crippen molar-refractivity contribution < 1.29 is 13.5 Å². The lowest BCUT2D eigenvalue weighted by Crippen LogP contribution is -2.38. The molecule has 4 nitrogen and oxygen atoms in total. The Kier molecular flexibility index (Phi) is 3.79. The van der Waals surface area contributed by atoms with Crippen LogP contribution in [0, 0.1) is 13.8 Å². The Hall–Kier alpha value is -0.430. The maximum atomic E-state index is 11.9. The average molecular weight is 263 g/mol. The molecular formula is C10H17NO3S2. The molecule has 1 aromatic heterocycles. The molecule has 0 aliphatic carbocycles. The van der Waals surface area contributed by atoms with E-state index in [2.05, 4.69) is 4.72 Å². The molecule has 0 unspecified atom stereocenters. The number of thiophene rings is 1. The van der Waals surface area contributed by atoms with Crippen molar-refractivity contribution in [3.63, 3.8) is 0 Å². The van der Waals surface area contributed by atoms with Gasteiger partial charge in [0.05, 0.1) is 10.5 Å². The number of sulfonamides is 1. The van der Waals surface area contributed by atoms with Gasteiger partial charge >= 0.3 is 0 Å². The number of nitrogens with one attached hydrogen (secondary N) is 1. The van der Waals surface area contributed by atoms with Gasteiger partial charge in [-0.3, -0.25) is 0 Å². The lowest BCUT2D eigenvalue weighted by atomic mass is 10.1. The smallest absolute Gasteiger partial charge is 0.241 e. The minimum atomic E-state index is -3.50. The van der Waals surface area contributed by atoms with Crippen molar-refractivity contribution in [2.24, 2.45) is 0 Å². The van der Waals surface area contributed by atoms with Gasteiger partial charge in [-0.25, -0.2) is 13.1 Å². The third-order valence-electron chi connectivity index (χ3n) is 1.98. The van der Waals surface area contributed by atoms with E-state index in [-0.39, 0.29) is 6.54 Å². The van der Waals surface area contributed by atoms with Crippen molar-refractivity contribution in [2.45, 2.75) is 38.2 Å². The van der Waals surface area contributed by atoms with E-state index in [1.807, 2.05) is 6.92 Å². The van der Waals surface area contributed by atoms with Gasteiger partial charge in [0.1, 0.15) is 0 Å². The van der Waals surface area contributed by atoms with Gasteiger partial charge in [-0.05, 0) is 33.8 Å². The molecule has 0 fully saturated rings. The maximum Gasteiger partial charge on any atom is 0.241 e. The molecule has 0 aromatic carbocycles. The van der Waals surface area contributed by atoms with Gasteiger partial charge in [0.25, 0.3) is 0 Å². The molecule has 1 heterocycles. The van der Waals surface area contributed by atoms with Crippen LogP contribution < -0.4 is 4.72 Å². The molecule has 16 heavy (non-hydrogen) atoms. The van der Waals surface area contributed by atoms with Gasteiger partial charge in [-0.2, -0.15) is 0 Å². The highest BCUT2D eigenvalue weighted by molar-refractivity contribution is 7.89. The van der Waals surface area contributed by atoms with E-state index < -0.39 is 15.6 Å². The van der Waals surface area contributed by atoms with Crippen LogP contribution in [-0.2, 0) is 10.0 Å². The molecule has 1 rings (SSSR count). The fourth-order valence-corrected chi connectivity index (χ4v) is 3.98. The maximum absolute atomic E-state index is 11.9. The molecule has 6 heteroatoms. The first kappa shape index (κ1) is 13.6. The summed E-state index contributed by atoms with van der Waals surface area (Å²) < 4.78 is 26.2. The van der Waals surface area contributed by atoms with Crippen LogP contribution in [0.1, 0.15) is 23.6 Å². The van der Waals surface area contributed by atoms with Crippen molar-refractivity contribution in [3.05, 3.63) is 15.8 Å². The summed E-state index contributed by atoms with van der Waals surface area (Å²) in [6, 6.07) is 1.65. The van der Waals surface area contributed by atoms with E-state index in [9.17, 15) is 13.5 Å².